The highest BCUT2D eigenvalue weighted by Crippen LogP contribution is 2.14. The van der Waals surface area contributed by atoms with Crippen LogP contribution >= 0.6 is 0 Å². The summed E-state index contributed by atoms with van der Waals surface area (Å²) in [6.07, 6.45) is 3.25. The molecule has 0 fully saturated rings. The Bertz CT molecular complexity index is 601. The largest absolute Gasteiger partial charge is 0.356 e. The Kier molecular flexibility index (Phi) is 6.01. The van der Waals surface area contributed by atoms with Crippen LogP contribution in [-0.2, 0) is 4.79 Å². The van der Waals surface area contributed by atoms with Crippen molar-refractivity contribution in [2.24, 2.45) is 0 Å². The lowest BCUT2D eigenvalue weighted by atomic mass is 10.2. The number of hydrogen-bond acceptors (Lipinski definition) is 2. The molecule has 1 heterocycles. The van der Waals surface area contributed by atoms with Crippen molar-refractivity contribution in [3.8, 4) is 0 Å². The molecular formula is C17H23N3O2. The van der Waals surface area contributed by atoms with Crippen LogP contribution in [0.5, 0.6) is 0 Å². The number of nitrogens with one attached hydrogen (secondary N) is 3. The second kappa shape index (κ2) is 8.22. The maximum atomic E-state index is 12.0. The number of para-hydroxylation sites is 1. The number of rotatable bonds is 8. The molecule has 5 heteroatoms. The van der Waals surface area contributed by atoms with Crippen LogP contribution in [0, 0.1) is 0 Å². The molecule has 1 aromatic carbocycles. The lowest BCUT2D eigenvalue weighted by Gasteiger charge is -2.06. The highest BCUT2D eigenvalue weighted by atomic mass is 16.2. The maximum Gasteiger partial charge on any atom is 0.267 e. The minimum absolute atomic E-state index is 0.0868. The summed E-state index contributed by atoms with van der Waals surface area (Å²) >= 11 is 0. The van der Waals surface area contributed by atoms with Crippen molar-refractivity contribution in [3.63, 3.8) is 0 Å². The summed E-state index contributed by atoms with van der Waals surface area (Å²) in [5, 5.41) is 6.73. The molecule has 1 aromatic heterocycles. The van der Waals surface area contributed by atoms with Gasteiger partial charge in [-0.05, 0) is 25.0 Å². The molecule has 0 unspecified atom stereocenters. The van der Waals surface area contributed by atoms with Crippen molar-refractivity contribution >= 4 is 22.7 Å². The monoisotopic (exact) mass is 301 g/mol. The fourth-order valence-corrected chi connectivity index (χ4v) is 2.23. The molecule has 0 bridgehead atoms. The third kappa shape index (κ3) is 4.62. The number of amides is 2. The van der Waals surface area contributed by atoms with Crippen LogP contribution in [0.3, 0.4) is 0 Å². The first-order valence-electron chi connectivity index (χ1n) is 7.83. The third-order valence-corrected chi connectivity index (χ3v) is 3.49. The molecule has 2 amide bonds. The van der Waals surface area contributed by atoms with Gasteiger partial charge in [-0.3, -0.25) is 9.59 Å². The number of carbonyl (C=O) groups excluding carboxylic acids is 2. The number of benzene rings is 1. The zero-order valence-electron chi connectivity index (χ0n) is 12.9. The van der Waals surface area contributed by atoms with Gasteiger partial charge in [0.2, 0.25) is 5.91 Å². The Hall–Kier alpha value is -2.30. The van der Waals surface area contributed by atoms with Crippen molar-refractivity contribution in [2.45, 2.75) is 32.6 Å². The average molecular weight is 301 g/mol. The quantitative estimate of drug-likeness (QED) is 0.656. The minimum Gasteiger partial charge on any atom is -0.356 e. The molecule has 2 aromatic rings. The van der Waals surface area contributed by atoms with Crippen molar-refractivity contribution in [1.29, 1.82) is 0 Å². The summed E-state index contributed by atoms with van der Waals surface area (Å²) in [6, 6.07) is 9.63. The van der Waals surface area contributed by atoms with Gasteiger partial charge in [0.15, 0.2) is 0 Å². The SMILES string of the molecule is CCCCC(=O)NCCCNC(=O)c1cc2ccccc2[nH]1. The minimum atomic E-state index is -0.117. The van der Waals surface area contributed by atoms with E-state index < -0.39 is 0 Å². The normalized spacial score (nSPS) is 10.6. The number of H-pyrrole nitrogens is 1. The molecule has 0 aliphatic heterocycles. The van der Waals surface area contributed by atoms with E-state index in [4.69, 9.17) is 0 Å². The van der Waals surface area contributed by atoms with Crippen LogP contribution in [0.4, 0.5) is 0 Å². The smallest absolute Gasteiger partial charge is 0.267 e. The van der Waals surface area contributed by atoms with Crippen molar-refractivity contribution in [2.75, 3.05) is 13.1 Å². The van der Waals surface area contributed by atoms with Crippen LogP contribution in [-0.4, -0.2) is 29.9 Å². The lowest BCUT2D eigenvalue weighted by molar-refractivity contribution is -0.121. The number of fused-ring (bicyclic) bond motifs is 1. The molecule has 22 heavy (non-hydrogen) atoms. The highest BCUT2D eigenvalue weighted by Gasteiger charge is 2.08. The zero-order valence-corrected chi connectivity index (χ0v) is 12.9. The second-order valence-corrected chi connectivity index (χ2v) is 5.33. The van der Waals surface area contributed by atoms with Gasteiger partial charge in [-0.25, -0.2) is 0 Å². The molecule has 0 atom stereocenters. The summed E-state index contributed by atoms with van der Waals surface area (Å²) in [6.45, 7) is 3.20. The van der Waals surface area contributed by atoms with E-state index in [2.05, 4.69) is 22.5 Å². The Morgan fingerprint density at radius 2 is 1.86 bits per heavy atom. The molecule has 0 saturated carbocycles. The molecule has 0 saturated heterocycles. The number of carbonyl (C=O) groups is 2. The predicted octanol–water partition coefficient (Wildman–Crippen LogP) is 2.59. The summed E-state index contributed by atoms with van der Waals surface area (Å²) < 4.78 is 0. The van der Waals surface area contributed by atoms with Gasteiger partial charge in [-0.15, -0.1) is 0 Å². The Labute approximate surface area is 130 Å². The van der Waals surface area contributed by atoms with Gasteiger partial charge in [0.25, 0.3) is 5.91 Å². The van der Waals surface area contributed by atoms with E-state index in [-0.39, 0.29) is 11.8 Å². The van der Waals surface area contributed by atoms with Crippen molar-refractivity contribution in [3.05, 3.63) is 36.0 Å². The van der Waals surface area contributed by atoms with Gasteiger partial charge >= 0.3 is 0 Å². The first-order valence-corrected chi connectivity index (χ1v) is 7.83. The van der Waals surface area contributed by atoms with Gasteiger partial charge in [-0.2, -0.15) is 0 Å². The van der Waals surface area contributed by atoms with Crippen LogP contribution < -0.4 is 10.6 Å². The number of aromatic nitrogens is 1. The number of unbranched alkanes of at least 4 members (excludes halogenated alkanes) is 1. The molecule has 0 aliphatic carbocycles. The van der Waals surface area contributed by atoms with E-state index in [0.29, 0.717) is 25.2 Å². The van der Waals surface area contributed by atoms with E-state index >= 15 is 0 Å². The second-order valence-electron chi connectivity index (χ2n) is 5.33. The van der Waals surface area contributed by atoms with Gasteiger partial charge in [0, 0.05) is 30.4 Å². The van der Waals surface area contributed by atoms with E-state index in [9.17, 15) is 9.59 Å². The fraction of sp³-hybridized carbons (Fsp3) is 0.412. The molecule has 3 N–H and O–H groups in total. The molecule has 118 valence electrons. The van der Waals surface area contributed by atoms with Crippen molar-refractivity contribution < 1.29 is 9.59 Å². The van der Waals surface area contributed by atoms with Gasteiger partial charge in [-0.1, -0.05) is 31.5 Å². The average Bonchev–Trinajstić information content (AvgIpc) is 2.96. The standard InChI is InChI=1S/C17H23N3O2/c1-2-3-9-16(21)18-10-6-11-19-17(22)15-12-13-7-4-5-8-14(13)20-15/h4-5,7-8,12,20H,2-3,6,9-11H2,1H3,(H,18,21)(H,19,22). The maximum absolute atomic E-state index is 12.0. The lowest BCUT2D eigenvalue weighted by Crippen LogP contribution is -2.29. The van der Waals surface area contributed by atoms with Crippen LogP contribution in [0.2, 0.25) is 0 Å². The van der Waals surface area contributed by atoms with E-state index in [1.165, 1.54) is 0 Å². The fourth-order valence-electron chi connectivity index (χ4n) is 2.23. The van der Waals surface area contributed by atoms with Crippen LogP contribution in [0.15, 0.2) is 30.3 Å². The van der Waals surface area contributed by atoms with Gasteiger partial charge in [0.05, 0.1) is 0 Å². The molecule has 0 spiro atoms. The topological polar surface area (TPSA) is 74.0 Å². The van der Waals surface area contributed by atoms with E-state index in [1.807, 2.05) is 30.3 Å². The van der Waals surface area contributed by atoms with Gasteiger partial charge < -0.3 is 15.6 Å². The third-order valence-electron chi connectivity index (χ3n) is 3.49. The molecule has 0 radical (unpaired) electrons. The number of aromatic amines is 1. The van der Waals surface area contributed by atoms with Crippen LogP contribution in [0.25, 0.3) is 10.9 Å². The predicted molar refractivity (Wildman–Crippen MR) is 87.8 cm³/mol. The highest BCUT2D eigenvalue weighted by molar-refractivity contribution is 5.97. The zero-order chi connectivity index (χ0) is 15.8. The summed E-state index contributed by atoms with van der Waals surface area (Å²) in [5.74, 6) is -0.0303. The molecule has 5 nitrogen and oxygen atoms in total. The van der Waals surface area contributed by atoms with E-state index in [0.717, 1.165) is 30.2 Å². The summed E-state index contributed by atoms with van der Waals surface area (Å²) in [7, 11) is 0. The molecule has 2 rings (SSSR count). The van der Waals surface area contributed by atoms with Crippen LogP contribution in [0.1, 0.15) is 43.1 Å². The first kappa shape index (κ1) is 16.1. The van der Waals surface area contributed by atoms with E-state index in [1.54, 1.807) is 0 Å². The molecular weight excluding hydrogens is 278 g/mol. The Balaban J connectivity index is 1.68. The van der Waals surface area contributed by atoms with Crippen molar-refractivity contribution in [1.82, 2.24) is 15.6 Å². The summed E-state index contributed by atoms with van der Waals surface area (Å²) in [4.78, 5) is 26.5. The Morgan fingerprint density at radius 1 is 1.09 bits per heavy atom. The number of hydrogen-bond donors (Lipinski definition) is 3. The Morgan fingerprint density at radius 3 is 2.64 bits per heavy atom. The molecule has 0 aliphatic rings. The summed E-state index contributed by atoms with van der Waals surface area (Å²) in [5.41, 5.74) is 1.52. The van der Waals surface area contributed by atoms with Gasteiger partial charge in [0.1, 0.15) is 5.69 Å². The first-order chi connectivity index (χ1) is 10.7.